The molecule has 0 radical (unpaired) electrons. The van der Waals surface area contributed by atoms with E-state index in [0.29, 0.717) is 18.8 Å². The molecule has 1 heterocycles. The van der Waals surface area contributed by atoms with Gasteiger partial charge >= 0.3 is 0 Å². The standard InChI is InChI=1S/C19H23NO/c1-14-9-15(2)11-16(10-14)13-21-18-12-20(3)19(18)17-7-5-4-6-8-17/h4-11,18-19H,12-13H2,1-3H3. The zero-order valence-corrected chi connectivity index (χ0v) is 13.0. The van der Waals surface area contributed by atoms with Crippen LogP contribution in [-0.2, 0) is 11.3 Å². The van der Waals surface area contributed by atoms with Crippen molar-refractivity contribution >= 4 is 0 Å². The smallest absolute Gasteiger partial charge is 0.0902 e. The summed E-state index contributed by atoms with van der Waals surface area (Å²) in [5.41, 5.74) is 5.23. The highest BCUT2D eigenvalue weighted by molar-refractivity contribution is 5.28. The molecule has 0 aliphatic carbocycles. The van der Waals surface area contributed by atoms with Crippen LogP contribution in [-0.4, -0.2) is 24.6 Å². The quantitative estimate of drug-likeness (QED) is 0.843. The number of hydrogen-bond acceptors (Lipinski definition) is 2. The maximum atomic E-state index is 6.17. The Morgan fingerprint density at radius 1 is 1.05 bits per heavy atom. The van der Waals surface area contributed by atoms with Gasteiger partial charge in [0.25, 0.3) is 0 Å². The molecule has 1 aliphatic rings. The Balaban J connectivity index is 1.65. The number of likely N-dealkylation sites (N-methyl/N-ethyl adjacent to an activating group) is 1. The number of likely N-dealkylation sites (tertiary alicyclic amines) is 1. The first-order valence-corrected chi connectivity index (χ1v) is 7.57. The molecule has 2 unspecified atom stereocenters. The highest BCUT2D eigenvalue weighted by Gasteiger charge is 2.38. The van der Waals surface area contributed by atoms with E-state index in [2.05, 4.69) is 74.3 Å². The van der Waals surface area contributed by atoms with Crippen LogP contribution in [0.15, 0.2) is 48.5 Å². The van der Waals surface area contributed by atoms with Crippen molar-refractivity contribution in [2.45, 2.75) is 32.6 Å². The fourth-order valence-electron chi connectivity index (χ4n) is 3.26. The second-order valence-electron chi connectivity index (χ2n) is 6.14. The number of ether oxygens (including phenoxy) is 1. The van der Waals surface area contributed by atoms with Crippen LogP contribution in [0.5, 0.6) is 0 Å². The van der Waals surface area contributed by atoms with E-state index in [1.165, 1.54) is 22.3 Å². The van der Waals surface area contributed by atoms with Gasteiger partial charge in [-0.25, -0.2) is 0 Å². The van der Waals surface area contributed by atoms with E-state index in [0.717, 1.165) is 6.54 Å². The van der Waals surface area contributed by atoms with Gasteiger partial charge in [-0.05, 0) is 32.0 Å². The van der Waals surface area contributed by atoms with Gasteiger partial charge in [-0.1, -0.05) is 59.7 Å². The minimum Gasteiger partial charge on any atom is -0.370 e. The van der Waals surface area contributed by atoms with E-state index in [-0.39, 0.29) is 0 Å². The molecule has 0 N–H and O–H groups in total. The maximum Gasteiger partial charge on any atom is 0.0902 e. The molecule has 1 fully saturated rings. The predicted octanol–water partition coefficient (Wildman–Crippen LogP) is 3.88. The van der Waals surface area contributed by atoms with E-state index < -0.39 is 0 Å². The first-order chi connectivity index (χ1) is 10.1. The van der Waals surface area contributed by atoms with Gasteiger partial charge in [0, 0.05) is 6.54 Å². The summed E-state index contributed by atoms with van der Waals surface area (Å²) in [6.07, 6.45) is 0.290. The first kappa shape index (κ1) is 14.3. The second kappa shape index (κ2) is 6.00. The first-order valence-electron chi connectivity index (χ1n) is 7.57. The monoisotopic (exact) mass is 281 g/mol. The largest absolute Gasteiger partial charge is 0.370 e. The average molecular weight is 281 g/mol. The summed E-state index contributed by atoms with van der Waals surface area (Å²) >= 11 is 0. The normalized spacial score (nSPS) is 22.0. The van der Waals surface area contributed by atoms with Gasteiger partial charge in [0.1, 0.15) is 0 Å². The summed E-state index contributed by atoms with van der Waals surface area (Å²) in [6.45, 7) is 5.98. The summed E-state index contributed by atoms with van der Waals surface area (Å²) < 4.78 is 6.17. The van der Waals surface area contributed by atoms with Crippen molar-refractivity contribution in [1.29, 1.82) is 0 Å². The van der Waals surface area contributed by atoms with Gasteiger partial charge in [0.05, 0.1) is 18.8 Å². The second-order valence-corrected chi connectivity index (χ2v) is 6.14. The minimum absolute atomic E-state index is 0.290. The van der Waals surface area contributed by atoms with Gasteiger partial charge in [0.2, 0.25) is 0 Å². The fraction of sp³-hybridized carbons (Fsp3) is 0.368. The van der Waals surface area contributed by atoms with Crippen molar-refractivity contribution in [3.8, 4) is 0 Å². The molecular formula is C19H23NO. The minimum atomic E-state index is 0.290. The van der Waals surface area contributed by atoms with Crippen molar-refractivity contribution in [2.24, 2.45) is 0 Å². The maximum absolute atomic E-state index is 6.17. The molecule has 0 spiro atoms. The molecule has 3 rings (SSSR count). The van der Waals surface area contributed by atoms with Gasteiger partial charge in [0.15, 0.2) is 0 Å². The summed E-state index contributed by atoms with van der Waals surface area (Å²) in [5, 5.41) is 0. The summed E-state index contributed by atoms with van der Waals surface area (Å²) in [5.74, 6) is 0. The molecule has 1 saturated heterocycles. The fourth-order valence-corrected chi connectivity index (χ4v) is 3.26. The van der Waals surface area contributed by atoms with Crippen LogP contribution >= 0.6 is 0 Å². The number of rotatable bonds is 4. The number of hydrogen-bond donors (Lipinski definition) is 0. The highest BCUT2D eigenvalue weighted by Crippen LogP contribution is 2.34. The lowest BCUT2D eigenvalue weighted by Gasteiger charge is -2.45. The Hall–Kier alpha value is -1.64. The molecule has 2 aromatic rings. The molecule has 2 heteroatoms. The molecule has 2 nitrogen and oxygen atoms in total. The molecule has 0 amide bonds. The van der Waals surface area contributed by atoms with E-state index in [1.807, 2.05) is 0 Å². The molecule has 0 aromatic heterocycles. The van der Waals surface area contributed by atoms with Gasteiger partial charge in [-0.2, -0.15) is 0 Å². The van der Waals surface area contributed by atoms with E-state index in [4.69, 9.17) is 4.74 Å². The van der Waals surface area contributed by atoms with E-state index in [1.54, 1.807) is 0 Å². The summed E-state index contributed by atoms with van der Waals surface area (Å²) in [6, 6.07) is 17.7. The third-order valence-electron chi connectivity index (χ3n) is 4.18. The van der Waals surface area contributed by atoms with Gasteiger partial charge < -0.3 is 4.74 Å². The predicted molar refractivity (Wildman–Crippen MR) is 86.3 cm³/mol. The number of nitrogens with zero attached hydrogens (tertiary/aromatic N) is 1. The van der Waals surface area contributed by atoms with Gasteiger partial charge in [-0.15, -0.1) is 0 Å². The molecule has 1 aliphatic heterocycles. The third-order valence-corrected chi connectivity index (χ3v) is 4.18. The lowest BCUT2D eigenvalue weighted by molar-refractivity contribution is -0.102. The molecule has 21 heavy (non-hydrogen) atoms. The zero-order chi connectivity index (χ0) is 14.8. The van der Waals surface area contributed by atoms with Crippen molar-refractivity contribution < 1.29 is 4.74 Å². The van der Waals surface area contributed by atoms with Crippen LogP contribution in [0.1, 0.15) is 28.3 Å². The Bertz CT molecular complexity index is 588. The Morgan fingerprint density at radius 3 is 2.33 bits per heavy atom. The third kappa shape index (κ3) is 3.17. The molecule has 2 aromatic carbocycles. The van der Waals surface area contributed by atoms with E-state index in [9.17, 15) is 0 Å². The van der Waals surface area contributed by atoms with Crippen LogP contribution in [0.4, 0.5) is 0 Å². The SMILES string of the molecule is Cc1cc(C)cc(COC2CN(C)C2c2ccccc2)c1. The van der Waals surface area contributed by atoms with E-state index >= 15 is 0 Å². The lowest BCUT2D eigenvalue weighted by atomic mass is 9.92. The Labute approximate surface area is 127 Å². The topological polar surface area (TPSA) is 12.5 Å². The Morgan fingerprint density at radius 2 is 1.71 bits per heavy atom. The summed E-state index contributed by atoms with van der Waals surface area (Å²) in [7, 11) is 2.16. The van der Waals surface area contributed by atoms with Gasteiger partial charge in [-0.3, -0.25) is 4.90 Å². The molecule has 0 saturated carbocycles. The highest BCUT2D eigenvalue weighted by atomic mass is 16.5. The van der Waals surface area contributed by atoms with Crippen LogP contribution in [0.3, 0.4) is 0 Å². The molecule has 0 bridgehead atoms. The van der Waals surface area contributed by atoms with Crippen molar-refractivity contribution in [3.63, 3.8) is 0 Å². The van der Waals surface area contributed by atoms with Crippen molar-refractivity contribution in [1.82, 2.24) is 4.90 Å². The van der Waals surface area contributed by atoms with Crippen LogP contribution in [0.2, 0.25) is 0 Å². The molecule has 110 valence electrons. The van der Waals surface area contributed by atoms with Crippen LogP contribution < -0.4 is 0 Å². The van der Waals surface area contributed by atoms with Crippen molar-refractivity contribution in [2.75, 3.05) is 13.6 Å². The lowest BCUT2D eigenvalue weighted by Crippen LogP contribution is -2.52. The summed E-state index contributed by atoms with van der Waals surface area (Å²) in [4.78, 5) is 2.35. The van der Waals surface area contributed by atoms with Crippen LogP contribution in [0.25, 0.3) is 0 Å². The van der Waals surface area contributed by atoms with Crippen molar-refractivity contribution in [3.05, 3.63) is 70.8 Å². The van der Waals surface area contributed by atoms with Crippen LogP contribution in [0, 0.1) is 13.8 Å². The number of benzene rings is 2. The zero-order valence-electron chi connectivity index (χ0n) is 13.0. The average Bonchev–Trinajstić information content (AvgIpc) is 2.43. The Kier molecular flexibility index (Phi) is 4.09. The molecular weight excluding hydrogens is 258 g/mol. The molecule has 2 atom stereocenters. The number of aryl methyl sites for hydroxylation is 2.